The van der Waals surface area contributed by atoms with Crippen molar-refractivity contribution in [1.29, 1.82) is 0 Å². The summed E-state index contributed by atoms with van der Waals surface area (Å²) in [5, 5.41) is 13.1. The SMILES string of the molecule is C[C@H](OC(=O)CNC(=O)c1cccc([N+](=O)[O-])c1)C(=O)N(C)Cc1ccccc1. The van der Waals surface area contributed by atoms with Gasteiger partial charge in [-0.15, -0.1) is 0 Å². The molecule has 0 fully saturated rings. The van der Waals surface area contributed by atoms with Crippen LogP contribution >= 0.6 is 0 Å². The molecule has 2 rings (SSSR count). The first-order valence-corrected chi connectivity index (χ1v) is 8.79. The van der Waals surface area contributed by atoms with Crippen LogP contribution in [-0.2, 0) is 20.9 Å². The summed E-state index contributed by atoms with van der Waals surface area (Å²) >= 11 is 0. The fraction of sp³-hybridized carbons (Fsp3) is 0.250. The van der Waals surface area contributed by atoms with E-state index in [9.17, 15) is 24.5 Å². The van der Waals surface area contributed by atoms with Crippen LogP contribution in [0.1, 0.15) is 22.8 Å². The molecule has 0 aliphatic heterocycles. The Hall–Kier alpha value is -3.75. The van der Waals surface area contributed by atoms with Crippen molar-refractivity contribution >= 4 is 23.5 Å². The van der Waals surface area contributed by atoms with Crippen molar-refractivity contribution in [2.45, 2.75) is 19.6 Å². The van der Waals surface area contributed by atoms with E-state index in [2.05, 4.69) is 5.32 Å². The molecule has 0 unspecified atom stereocenters. The number of nitro groups is 1. The summed E-state index contributed by atoms with van der Waals surface area (Å²) in [6.45, 7) is 1.34. The molecule has 0 heterocycles. The number of nitrogens with one attached hydrogen (secondary N) is 1. The third-order valence-corrected chi connectivity index (χ3v) is 4.01. The van der Waals surface area contributed by atoms with Gasteiger partial charge in [-0.2, -0.15) is 0 Å². The molecule has 29 heavy (non-hydrogen) atoms. The van der Waals surface area contributed by atoms with E-state index < -0.39 is 29.4 Å². The summed E-state index contributed by atoms with van der Waals surface area (Å²) in [6, 6.07) is 14.5. The zero-order valence-corrected chi connectivity index (χ0v) is 16.0. The second kappa shape index (κ2) is 9.98. The van der Waals surface area contributed by atoms with Gasteiger partial charge in [0.05, 0.1) is 4.92 Å². The van der Waals surface area contributed by atoms with E-state index in [0.717, 1.165) is 11.6 Å². The molecule has 2 aromatic rings. The van der Waals surface area contributed by atoms with Crippen LogP contribution in [0.2, 0.25) is 0 Å². The van der Waals surface area contributed by atoms with E-state index in [1.807, 2.05) is 30.3 Å². The molecule has 0 saturated heterocycles. The zero-order chi connectivity index (χ0) is 21.4. The van der Waals surface area contributed by atoms with Crippen LogP contribution in [0.4, 0.5) is 5.69 Å². The van der Waals surface area contributed by atoms with Gasteiger partial charge in [0.2, 0.25) is 0 Å². The van der Waals surface area contributed by atoms with Gasteiger partial charge in [-0.05, 0) is 18.6 Å². The van der Waals surface area contributed by atoms with Crippen molar-refractivity contribution < 1.29 is 24.0 Å². The number of ether oxygens (including phenoxy) is 1. The van der Waals surface area contributed by atoms with Crippen LogP contribution in [0.25, 0.3) is 0 Å². The molecule has 0 aromatic heterocycles. The first kappa shape index (κ1) is 21.5. The van der Waals surface area contributed by atoms with Crippen LogP contribution in [-0.4, -0.2) is 47.3 Å². The predicted molar refractivity (Wildman–Crippen MR) is 104 cm³/mol. The molecule has 0 saturated carbocycles. The lowest BCUT2D eigenvalue weighted by Crippen LogP contribution is -2.39. The lowest BCUT2D eigenvalue weighted by Gasteiger charge is -2.21. The number of rotatable bonds is 8. The van der Waals surface area contributed by atoms with Gasteiger partial charge >= 0.3 is 5.97 Å². The molecule has 152 valence electrons. The Kier molecular flexibility index (Phi) is 7.41. The zero-order valence-electron chi connectivity index (χ0n) is 16.0. The maximum absolute atomic E-state index is 12.3. The van der Waals surface area contributed by atoms with Crippen molar-refractivity contribution in [1.82, 2.24) is 10.2 Å². The van der Waals surface area contributed by atoms with E-state index >= 15 is 0 Å². The lowest BCUT2D eigenvalue weighted by atomic mass is 10.2. The van der Waals surface area contributed by atoms with Crippen LogP contribution in [0.15, 0.2) is 54.6 Å². The predicted octanol–water partition coefficient (Wildman–Crippen LogP) is 1.91. The monoisotopic (exact) mass is 399 g/mol. The number of benzene rings is 2. The standard InChI is InChI=1S/C20H21N3O6/c1-14(20(26)22(2)13-15-7-4-3-5-8-15)29-18(24)12-21-19(25)16-9-6-10-17(11-16)23(27)28/h3-11,14H,12-13H2,1-2H3,(H,21,25)/t14-/m0/s1. The van der Waals surface area contributed by atoms with Crippen molar-refractivity contribution in [3.8, 4) is 0 Å². The highest BCUT2D eigenvalue weighted by molar-refractivity contribution is 5.96. The van der Waals surface area contributed by atoms with Gasteiger partial charge in [-0.1, -0.05) is 36.4 Å². The van der Waals surface area contributed by atoms with E-state index in [4.69, 9.17) is 4.74 Å². The molecule has 0 aliphatic rings. The van der Waals surface area contributed by atoms with Gasteiger partial charge in [0.25, 0.3) is 17.5 Å². The van der Waals surface area contributed by atoms with Crippen molar-refractivity contribution in [3.63, 3.8) is 0 Å². The van der Waals surface area contributed by atoms with E-state index in [0.29, 0.717) is 6.54 Å². The Bertz CT molecular complexity index is 900. The number of non-ortho nitro benzene ring substituents is 1. The molecular weight excluding hydrogens is 378 g/mol. The van der Waals surface area contributed by atoms with Crippen LogP contribution < -0.4 is 5.32 Å². The normalized spacial score (nSPS) is 11.2. The summed E-state index contributed by atoms with van der Waals surface area (Å²) in [7, 11) is 1.60. The highest BCUT2D eigenvalue weighted by Crippen LogP contribution is 2.13. The second-order valence-electron chi connectivity index (χ2n) is 6.30. The number of esters is 1. The van der Waals surface area contributed by atoms with Crippen molar-refractivity contribution in [2.75, 3.05) is 13.6 Å². The molecule has 0 spiro atoms. The Morgan fingerprint density at radius 1 is 1.14 bits per heavy atom. The number of likely N-dealkylation sites (N-methyl/N-ethyl adjacent to an activating group) is 1. The second-order valence-corrected chi connectivity index (χ2v) is 6.30. The minimum Gasteiger partial charge on any atom is -0.451 e. The lowest BCUT2D eigenvalue weighted by molar-refractivity contribution is -0.384. The number of hydrogen-bond acceptors (Lipinski definition) is 6. The molecule has 9 nitrogen and oxygen atoms in total. The summed E-state index contributed by atoms with van der Waals surface area (Å²) in [5.41, 5.74) is 0.741. The average Bonchev–Trinajstić information content (AvgIpc) is 2.72. The average molecular weight is 399 g/mol. The van der Waals surface area contributed by atoms with Crippen molar-refractivity contribution in [3.05, 3.63) is 75.8 Å². The van der Waals surface area contributed by atoms with Crippen LogP contribution in [0.3, 0.4) is 0 Å². The first-order chi connectivity index (χ1) is 13.8. The molecule has 2 amide bonds. The van der Waals surface area contributed by atoms with Gasteiger partial charge in [-0.25, -0.2) is 0 Å². The molecule has 1 atom stereocenters. The van der Waals surface area contributed by atoms with E-state index in [1.165, 1.54) is 30.0 Å². The maximum atomic E-state index is 12.3. The first-order valence-electron chi connectivity index (χ1n) is 8.79. The summed E-state index contributed by atoms with van der Waals surface area (Å²) in [5.74, 6) is -1.84. The smallest absolute Gasteiger partial charge is 0.326 e. The Morgan fingerprint density at radius 2 is 1.83 bits per heavy atom. The quantitative estimate of drug-likeness (QED) is 0.411. The molecule has 0 radical (unpaired) electrons. The highest BCUT2D eigenvalue weighted by Gasteiger charge is 2.22. The Labute approximate surface area is 167 Å². The van der Waals surface area contributed by atoms with Crippen molar-refractivity contribution in [2.24, 2.45) is 0 Å². The van der Waals surface area contributed by atoms with E-state index in [1.54, 1.807) is 7.05 Å². The third-order valence-electron chi connectivity index (χ3n) is 4.01. The molecule has 9 heteroatoms. The van der Waals surface area contributed by atoms with Gasteiger partial charge < -0.3 is 15.0 Å². The van der Waals surface area contributed by atoms with Gasteiger partial charge in [0, 0.05) is 31.3 Å². The molecule has 0 aliphatic carbocycles. The minimum absolute atomic E-state index is 0.0405. The van der Waals surface area contributed by atoms with E-state index in [-0.39, 0.29) is 17.2 Å². The largest absolute Gasteiger partial charge is 0.451 e. The number of carbonyl (C=O) groups is 3. The Balaban J connectivity index is 1.83. The summed E-state index contributed by atoms with van der Waals surface area (Å²) < 4.78 is 5.07. The number of nitro benzene ring substituents is 1. The van der Waals surface area contributed by atoms with Gasteiger partial charge in [0.1, 0.15) is 6.54 Å². The topological polar surface area (TPSA) is 119 Å². The van der Waals surface area contributed by atoms with Gasteiger partial charge in [-0.3, -0.25) is 24.5 Å². The fourth-order valence-electron chi connectivity index (χ4n) is 2.55. The number of carbonyl (C=O) groups excluding carboxylic acids is 3. The summed E-state index contributed by atoms with van der Waals surface area (Å²) in [4.78, 5) is 47.9. The number of amides is 2. The minimum atomic E-state index is -1.02. The van der Waals surface area contributed by atoms with Crippen LogP contribution in [0, 0.1) is 10.1 Å². The maximum Gasteiger partial charge on any atom is 0.326 e. The highest BCUT2D eigenvalue weighted by atomic mass is 16.6. The fourth-order valence-corrected chi connectivity index (χ4v) is 2.55. The number of nitrogens with zero attached hydrogens (tertiary/aromatic N) is 2. The molecule has 2 aromatic carbocycles. The molecule has 1 N–H and O–H groups in total. The summed E-state index contributed by atoms with van der Waals surface area (Å²) in [6.07, 6.45) is -1.02. The number of hydrogen-bond donors (Lipinski definition) is 1. The molecule has 0 bridgehead atoms. The Morgan fingerprint density at radius 3 is 2.48 bits per heavy atom. The van der Waals surface area contributed by atoms with Crippen LogP contribution in [0.5, 0.6) is 0 Å². The van der Waals surface area contributed by atoms with Gasteiger partial charge in [0.15, 0.2) is 6.10 Å². The molecular formula is C20H21N3O6. The third kappa shape index (κ3) is 6.42.